The minimum absolute atomic E-state index is 0.369. The van der Waals surface area contributed by atoms with Gasteiger partial charge in [-0.2, -0.15) is 0 Å². The first-order chi connectivity index (χ1) is 13.1. The summed E-state index contributed by atoms with van der Waals surface area (Å²) in [5.74, 6) is 1.51. The van der Waals surface area contributed by atoms with Crippen molar-refractivity contribution in [2.75, 3.05) is 20.1 Å². The Balaban J connectivity index is 1.34. The Morgan fingerprint density at radius 1 is 1.26 bits per heavy atom. The Hall–Kier alpha value is -1.59. The summed E-state index contributed by atoms with van der Waals surface area (Å²) in [6.07, 6.45) is 5.49. The molecule has 2 fully saturated rings. The largest absolute Gasteiger partial charge is 0.373 e. The summed E-state index contributed by atoms with van der Waals surface area (Å²) >= 11 is 0. The van der Waals surface area contributed by atoms with Crippen LogP contribution < -0.4 is 10.6 Å². The molecule has 5 nitrogen and oxygen atoms in total. The summed E-state index contributed by atoms with van der Waals surface area (Å²) in [4.78, 5) is 7.10. The molecule has 0 radical (unpaired) electrons. The summed E-state index contributed by atoms with van der Waals surface area (Å²) in [7, 11) is 1.87. The van der Waals surface area contributed by atoms with Gasteiger partial charge in [-0.15, -0.1) is 0 Å². The van der Waals surface area contributed by atoms with Gasteiger partial charge in [-0.05, 0) is 42.7 Å². The molecule has 1 aromatic carbocycles. The van der Waals surface area contributed by atoms with E-state index in [2.05, 4.69) is 58.6 Å². The third kappa shape index (κ3) is 4.14. The average molecular weight is 371 g/mol. The highest BCUT2D eigenvalue weighted by atomic mass is 16.5. The van der Waals surface area contributed by atoms with Gasteiger partial charge in [0.25, 0.3) is 0 Å². The summed E-state index contributed by atoms with van der Waals surface area (Å²) in [6, 6.07) is 9.78. The second kappa shape index (κ2) is 8.19. The molecule has 4 atom stereocenters. The van der Waals surface area contributed by atoms with E-state index in [1.807, 2.05) is 7.05 Å². The molecule has 0 saturated carbocycles. The third-order valence-electron chi connectivity index (χ3n) is 6.53. The van der Waals surface area contributed by atoms with Gasteiger partial charge in [-0.25, -0.2) is 0 Å². The SMILES string of the molecule is CN=C(NCC(C(C)C)N1CCc2ccccc2C1)NC1CC2CCC1O2. The van der Waals surface area contributed by atoms with Gasteiger partial charge in [0.1, 0.15) is 0 Å². The first-order valence-electron chi connectivity index (χ1n) is 10.6. The van der Waals surface area contributed by atoms with Crippen LogP contribution in [0.1, 0.15) is 44.2 Å². The number of ether oxygens (including phenoxy) is 1. The molecule has 3 aliphatic heterocycles. The van der Waals surface area contributed by atoms with Crippen LogP contribution in [0.3, 0.4) is 0 Å². The summed E-state index contributed by atoms with van der Waals surface area (Å²) < 4.78 is 5.97. The standard InChI is InChI=1S/C22H34N4O/c1-15(2)20(26-11-10-16-6-4-5-7-17(16)14-26)13-24-22(23-3)25-19-12-18-8-9-21(19)27-18/h4-7,15,18-21H,8-14H2,1-3H3,(H2,23,24,25). The molecule has 27 heavy (non-hydrogen) atoms. The third-order valence-corrected chi connectivity index (χ3v) is 6.53. The molecule has 3 aliphatic rings. The second-order valence-electron chi connectivity index (χ2n) is 8.61. The van der Waals surface area contributed by atoms with Crippen LogP contribution in [0.25, 0.3) is 0 Å². The Labute approximate surface area is 163 Å². The molecular formula is C22H34N4O. The lowest BCUT2D eigenvalue weighted by molar-refractivity contribution is 0.0991. The molecule has 1 aromatic rings. The van der Waals surface area contributed by atoms with Crippen molar-refractivity contribution in [1.29, 1.82) is 0 Å². The fourth-order valence-electron chi connectivity index (χ4n) is 4.95. The molecule has 0 spiro atoms. The fourth-order valence-corrected chi connectivity index (χ4v) is 4.95. The minimum Gasteiger partial charge on any atom is -0.373 e. The van der Waals surface area contributed by atoms with Gasteiger partial charge in [-0.1, -0.05) is 38.1 Å². The number of nitrogens with one attached hydrogen (secondary N) is 2. The van der Waals surface area contributed by atoms with Crippen LogP contribution in [0.4, 0.5) is 0 Å². The maximum Gasteiger partial charge on any atom is 0.191 e. The first kappa shape index (κ1) is 18.8. The predicted octanol–water partition coefficient (Wildman–Crippen LogP) is 2.55. The number of rotatable bonds is 5. The smallest absolute Gasteiger partial charge is 0.191 e. The van der Waals surface area contributed by atoms with Gasteiger partial charge in [0, 0.05) is 32.7 Å². The Morgan fingerprint density at radius 2 is 2.07 bits per heavy atom. The lowest BCUT2D eigenvalue weighted by Crippen LogP contribution is -2.53. The van der Waals surface area contributed by atoms with Gasteiger partial charge in [0.05, 0.1) is 18.2 Å². The van der Waals surface area contributed by atoms with Crippen LogP contribution in [0.5, 0.6) is 0 Å². The number of nitrogens with zero attached hydrogens (tertiary/aromatic N) is 2. The zero-order valence-corrected chi connectivity index (χ0v) is 16.9. The molecule has 4 rings (SSSR count). The minimum atomic E-state index is 0.369. The van der Waals surface area contributed by atoms with Crippen molar-refractivity contribution in [3.05, 3.63) is 35.4 Å². The van der Waals surface area contributed by atoms with E-state index in [1.54, 1.807) is 0 Å². The number of hydrogen-bond donors (Lipinski definition) is 2. The van der Waals surface area contributed by atoms with Gasteiger partial charge in [0.2, 0.25) is 0 Å². The quantitative estimate of drug-likeness (QED) is 0.618. The number of guanidine groups is 1. The molecule has 0 aliphatic carbocycles. The average Bonchev–Trinajstić information content (AvgIpc) is 3.30. The Kier molecular flexibility index (Phi) is 5.69. The van der Waals surface area contributed by atoms with Crippen LogP contribution in [-0.4, -0.2) is 55.3 Å². The number of hydrogen-bond acceptors (Lipinski definition) is 3. The maximum absolute atomic E-state index is 5.97. The zero-order valence-electron chi connectivity index (χ0n) is 16.9. The number of benzene rings is 1. The topological polar surface area (TPSA) is 48.9 Å². The summed E-state index contributed by atoms with van der Waals surface area (Å²) in [5, 5.41) is 7.21. The van der Waals surface area contributed by atoms with Crippen LogP contribution in [-0.2, 0) is 17.7 Å². The van der Waals surface area contributed by atoms with E-state index in [-0.39, 0.29) is 0 Å². The highest BCUT2D eigenvalue weighted by molar-refractivity contribution is 5.80. The molecule has 2 bridgehead atoms. The highest BCUT2D eigenvalue weighted by Crippen LogP contribution is 2.34. The van der Waals surface area contributed by atoms with E-state index in [9.17, 15) is 0 Å². The molecule has 2 saturated heterocycles. The van der Waals surface area contributed by atoms with E-state index < -0.39 is 0 Å². The number of aliphatic imine (C=N–C) groups is 1. The lowest BCUT2D eigenvalue weighted by atomic mass is 9.95. The molecular weight excluding hydrogens is 336 g/mol. The molecule has 0 aromatic heterocycles. The van der Waals surface area contributed by atoms with Crippen molar-refractivity contribution in [1.82, 2.24) is 15.5 Å². The molecule has 2 N–H and O–H groups in total. The number of fused-ring (bicyclic) bond motifs is 3. The van der Waals surface area contributed by atoms with Crippen molar-refractivity contribution in [2.24, 2.45) is 10.9 Å². The molecule has 3 heterocycles. The van der Waals surface area contributed by atoms with Gasteiger partial charge < -0.3 is 15.4 Å². The second-order valence-corrected chi connectivity index (χ2v) is 8.61. The van der Waals surface area contributed by atoms with E-state index in [0.29, 0.717) is 30.2 Å². The van der Waals surface area contributed by atoms with E-state index in [1.165, 1.54) is 24.0 Å². The molecule has 0 amide bonds. The predicted molar refractivity (Wildman–Crippen MR) is 110 cm³/mol. The van der Waals surface area contributed by atoms with Crippen molar-refractivity contribution in [2.45, 2.75) is 70.4 Å². The Bertz CT molecular complexity index is 674. The van der Waals surface area contributed by atoms with Crippen LogP contribution in [0.2, 0.25) is 0 Å². The summed E-state index contributed by atoms with van der Waals surface area (Å²) in [6.45, 7) is 7.75. The highest BCUT2D eigenvalue weighted by Gasteiger charge is 2.41. The normalized spacial score (nSPS) is 29.0. The van der Waals surface area contributed by atoms with Crippen LogP contribution in [0, 0.1) is 5.92 Å². The van der Waals surface area contributed by atoms with Gasteiger partial charge in [0.15, 0.2) is 5.96 Å². The molecule has 4 unspecified atom stereocenters. The van der Waals surface area contributed by atoms with Crippen molar-refractivity contribution < 1.29 is 4.74 Å². The maximum atomic E-state index is 5.97. The molecule has 5 heteroatoms. The van der Waals surface area contributed by atoms with Crippen molar-refractivity contribution in [3.8, 4) is 0 Å². The Morgan fingerprint density at radius 3 is 2.74 bits per heavy atom. The van der Waals surface area contributed by atoms with Crippen LogP contribution >= 0.6 is 0 Å². The van der Waals surface area contributed by atoms with Gasteiger partial charge >= 0.3 is 0 Å². The fraction of sp³-hybridized carbons (Fsp3) is 0.682. The van der Waals surface area contributed by atoms with E-state index in [0.717, 1.165) is 38.4 Å². The van der Waals surface area contributed by atoms with Gasteiger partial charge in [-0.3, -0.25) is 9.89 Å². The van der Waals surface area contributed by atoms with E-state index in [4.69, 9.17) is 4.74 Å². The lowest BCUT2D eigenvalue weighted by Gasteiger charge is -2.38. The monoisotopic (exact) mass is 370 g/mol. The first-order valence-corrected chi connectivity index (χ1v) is 10.6. The zero-order chi connectivity index (χ0) is 18.8. The molecule has 148 valence electrons. The summed E-state index contributed by atoms with van der Waals surface area (Å²) in [5.41, 5.74) is 2.99. The van der Waals surface area contributed by atoms with Crippen molar-refractivity contribution >= 4 is 5.96 Å². The van der Waals surface area contributed by atoms with E-state index >= 15 is 0 Å². The van der Waals surface area contributed by atoms with Crippen molar-refractivity contribution in [3.63, 3.8) is 0 Å². The van der Waals surface area contributed by atoms with Crippen LogP contribution in [0.15, 0.2) is 29.3 Å².